The molecule has 1 heterocycles. The van der Waals surface area contributed by atoms with E-state index in [4.69, 9.17) is 0 Å². The Morgan fingerprint density at radius 2 is 2.09 bits per heavy atom. The van der Waals surface area contributed by atoms with Crippen LogP contribution in [0.1, 0.15) is 0 Å². The lowest BCUT2D eigenvalue weighted by atomic mass is 10.5. The van der Waals surface area contributed by atoms with Crippen LogP contribution in [0.5, 0.6) is 0 Å². The van der Waals surface area contributed by atoms with Crippen LogP contribution >= 0.6 is 0 Å². The number of hydrogen-bond donors (Lipinski definition) is 0. The molecular weight excluding hydrogens is 186 g/mol. The summed E-state index contributed by atoms with van der Waals surface area (Å²) in [6.45, 7) is 0. The van der Waals surface area contributed by atoms with E-state index in [1.54, 1.807) is 0 Å². The summed E-state index contributed by atoms with van der Waals surface area (Å²) >= 11 is 0. The first kappa shape index (κ1) is 10.4. The Kier molecular flexibility index (Phi) is 3.50. The fraction of sp³-hybridized carbons (Fsp3) is 0. The van der Waals surface area contributed by atoms with Crippen molar-refractivity contribution in [2.75, 3.05) is 0 Å². The van der Waals surface area contributed by atoms with Crippen molar-refractivity contribution in [3.05, 3.63) is 24.5 Å². The minimum absolute atomic E-state index is 0. The number of rotatable bonds is 1. The van der Waals surface area contributed by atoms with E-state index in [0.717, 1.165) is 6.20 Å². The maximum atomic E-state index is 10.2. The Morgan fingerprint density at radius 3 is 2.36 bits per heavy atom. The molecule has 0 aromatic carbocycles. The van der Waals surface area contributed by atoms with Gasteiger partial charge in [-0.25, -0.2) is 8.42 Å². The lowest BCUT2D eigenvalue weighted by molar-refractivity contribution is 0.462. The monoisotopic (exact) mass is 193 g/mol. The Morgan fingerprint density at radius 1 is 1.45 bits per heavy atom. The Labute approximate surface area is 71.5 Å². The van der Waals surface area contributed by atoms with Gasteiger partial charge in [-0.15, -0.1) is 0 Å². The number of hydrogen-bond acceptors (Lipinski definition) is 4. The molecule has 6 heteroatoms. The largest absolute Gasteiger partial charge is 0.744 e. The molecular formula is C5H7NO3S2. The highest BCUT2D eigenvalue weighted by atomic mass is 32.2. The predicted octanol–water partition coefficient (Wildman–Crippen LogP) is -0.820. The molecule has 0 bridgehead atoms. The van der Waals surface area contributed by atoms with Crippen molar-refractivity contribution in [1.29, 1.82) is 0 Å². The fourth-order valence-electron chi connectivity index (χ4n) is 0.495. The van der Waals surface area contributed by atoms with Gasteiger partial charge in [0, 0.05) is 12.4 Å². The Hall–Kier alpha value is -0.590. The highest BCUT2D eigenvalue weighted by Crippen LogP contribution is 2.02. The molecule has 0 aliphatic carbocycles. The second-order valence-electron chi connectivity index (χ2n) is 1.64. The quantitative estimate of drug-likeness (QED) is 0.431. The van der Waals surface area contributed by atoms with Crippen LogP contribution in [-0.2, 0) is 23.6 Å². The summed E-state index contributed by atoms with van der Waals surface area (Å²) in [5.74, 6) is 0. The highest BCUT2D eigenvalue weighted by molar-refractivity contribution is 7.85. The molecule has 0 radical (unpaired) electrons. The highest BCUT2D eigenvalue weighted by Gasteiger charge is 1.96. The molecule has 1 rings (SSSR count). The molecule has 0 aliphatic heterocycles. The van der Waals surface area contributed by atoms with Crippen LogP contribution in [0.3, 0.4) is 0 Å². The summed E-state index contributed by atoms with van der Waals surface area (Å²) in [6.07, 6.45) is 2.41. The van der Waals surface area contributed by atoms with Crippen molar-refractivity contribution in [2.24, 2.45) is 0 Å². The van der Waals surface area contributed by atoms with E-state index in [1.165, 1.54) is 18.3 Å². The summed E-state index contributed by atoms with van der Waals surface area (Å²) < 4.78 is 30.7. The molecule has 0 N–H and O–H groups in total. The summed E-state index contributed by atoms with van der Waals surface area (Å²) in [7, 11) is -4.32. The van der Waals surface area contributed by atoms with Gasteiger partial charge in [0.25, 0.3) is 0 Å². The SMILES string of the molecule is O=S(=O)([O-])c1cccnc1.[SH3+]. The lowest BCUT2D eigenvalue weighted by Gasteiger charge is -2.03. The molecule has 1 aromatic rings. The van der Waals surface area contributed by atoms with E-state index >= 15 is 0 Å². The Balaban J connectivity index is 0.000001000. The molecule has 0 aliphatic rings. The number of aromatic nitrogens is 1. The first-order valence-corrected chi connectivity index (χ1v) is 3.87. The maximum absolute atomic E-state index is 10.2. The zero-order valence-electron chi connectivity index (χ0n) is 5.47. The van der Waals surface area contributed by atoms with Crippen molar-refractivity contribution in [3.8, 4) is 0 Å². The average Bonchev–Trinajstić information content (AvgIpc) is 1.88. The van der Waals surface area contributed by atoms with Gasteiger partial charge >= 0.3 is 0 Å². The zero-order valence-corrected chi connectivity index (χ0v) is 7.44. The van der Waals surface area contributed by atoms with E-state index < -0.39 is 10.1 Å². The summed E-state index contributed by atoms with van der Waals surface area (Å²) in [5.41, 5.74) is 0. The van der Waals surface area contributed by atoms with E-state index in [-0.39, 0.29) is 18.4 Å². The van der Waals surface area contributed by atoms with Crippen molar-refractivity contribution >= 4 is 23.6 Å². The summed E-state index contributed by atoms with van der Waals surface area (Å²) in [6, 6.07) is 2.60. The molecule has 11 heavy (non-hydrogen) atoms. The van der Waals surface area contributed by atoms with Crippen LogP contribution in [0.4, 0.5) is 0 Å². The molecule has 0 saturated heterocycles. The minimum Gasteiger partial charge on any atom is -0.744 e. The van der Waals surface area contributed by atoms with Crippen molar-refractivity contribution in [2.45, 2.75) is 4.90 Å². The molecule has 0 spiro atoms. The summed E-state index contributed by atoms with van der Waals surface area (Å²) in [5, 5.41) is 0. The van der Waals surface area contributed by atoms with Crippen molar-refractivity contribution < 1.29 is 13.0 Å². The van der Waals surface area contributed by atoms with E-state index in [1.807, 2.05) is 0 Å². The standard InChI is InChI=1S/C5H5NO3S.H2S/c7-10(8,9)5-2-1-3-6-4-5;/h1-4H,(H,7,8,9);1H2. The van der Waals surface area contributed by atoms with Gasteiger partial charge in [-0.05, 0) is 12.1 Å². The van der Waals surface area contributed by atoms with Gasteiger partial charge in [-0.2, -0.15) is 0 Å². The van der Waals surface area contributed by atoms with E-state index in [2.05, 4.69) is 4.98 Å². The van der Waals surface area contributed by atoms with Gasteiger partial charge in [-0.3, -0.25) is 4.98 Å². The average molecular weight is 193 g/mol. The molecule has 62 valence electrons. The third kappa shape index (κ3) is 2.87. The van der Waals surface area contributed by atoms with Crippen LogP contribution in [-0.4, -0.2) is 18.0 Å². The molecule has 0 saturated carbocycles. The molecule has 1 aromatic heterocycles. The molecule has 4 nitrogen and oxygen atoms in total. The minimum atomic E-state index is -4.32. The molecule has 0 amide bonds. The molecule has 0 atom stereocenters. The third-order valence-corrected chi connectivity index (χ3v) is 1.74. The van der Waals surface area contributed by atoms with Crippen LogP contribution in [0.15, 0.2) is 29.4 Å². The number of pyridine rings is 1. The van der Waals surface area contributed by atoms with Crippen molar-refractivity contribution in [3.63, 3.8) is 0 Å². The normalized spacial score (nSPS) is 10.3. The van der Waals surface area contributed by atoms with E-state index in [9.17, 15) is 13.0 Å². The van der Waals surface area contributed by atoms with Crippen molar-refractivity contribution in [1.82, 2.24) is 4.98 Å². The number of nitrogens with zero attached hydrogens (tertiary/aromatic N) is 1. The maximum Gasteiger partial charge on any atom is 0.125 e. The predicted molar refractivity (Wildman–Crippen MR) is 43.8 cm³/mol. The molecule has 0 fully saturated rings. The Bertz CT molecular complexity index is 308. The van der Waals surface area contributed by atoms with Crippen LogP contribution in [0.2, 0.25) is 0 Å². The second kappa shape index (κ2) is 3.70. The first-order valence-electron chi connectivity index (χ1n) is 2.46. The van der Waals surface area contributed by atoms with Crippen LogP contribution in [0, 0.1) is 0 Å². The topological polar surface area (TPSA) is 70.1 Å². The second-order valence-corrected chi connectivity index (χ2v) is 3.02. The van der Waals surface area contributed by atoms with Gasteiger partial charge in [0.15, 0.2) is 0 Å². The zero-order chi connectivity index (χ0) is 7.61. The fourth-order valence-corrected chi connectivity index (χ4v) is 0.930. The van der Waals surface area contributed by atoms with Gasteiger partial charge in [0.1, 0.15) is 10.1 Å². The van der Waals surface area contributed by atoms with Crippen LogP contribution < -0.4 is 0 Å². The van der Waals surface area contributed by atoms with Gasteiger partial charge in [0.2, 0.25) is 0 Å². The smallest absolute Gasteiger partial charge is 0.125 e. The van der Waals surface area contributed by atoms with E-state index in [0.29, 0.717) is 0 Å². The van der Waals surface area contributed by atoms with Crippen LogP contribution in [0.25, 0.3) is 0 Å². The first-order chi connectivity index (χ1) is 4.61. The lowest BCUT2D eigenvalue weighted by Crippen LogP contribution is -1.97. The molecule has 0 unspecified atom stereocenters. The summed E-state index contributed by atoms with van der Waals surface area (Å²) in [4.78, 5) is 3.18. The third-order valence-electron chi connectivity index (χ3n) is 0.923. The van der Waals surface area contributed by atoms with Gasteiger partial charge in [0.05, 0.1) is 4.90 Å². The van der Waals surface area contributed by atoms with Gasteiger partial charge in [-0.1, -0.05) is 13.5 Å². The van der Waals surface area contributed by atoms with Gasteiger partial charge < -0.3 is 4.55 Å².